The van der Waals surface area contributed by atoms with E-state index in [2.05, 4.69) is 21.0 Å². The Labute approximate surface area is 122 Å². The number of hydrogen-bond acceptors (Lipinski definition) is 5. The zero-order valence-corrected chi connectivity index (χ0v) is 12.2. The number of rotatable bonds is 3. The molecule has 0 bridgehead atoms. The lowest BCUT2D eigenvalue weighted by atomic mass is 10.3. The number of nitrogens with zero attached hydrogens (tertiary/aromatic N) is 4. The molecule has 0 aliphatic heterocycles. The number of benzene rings is 1. The molecule has 1 aromatic carbocycles. The summed E-state index contributed by atoms with van der Waals surface area (Å²) in [7, 11) is 1.63. The summed E-state index contributed by atoms with van der Waals surface area (Å²) in [5.74, 6) is 0.491. The van der Waals surface area contributed by atoms with Crippen LogP contribution in [-0.2, 0) is 7.05 Å². The fourth-order valence-corrected chi connectivity index (χ4v) is 2.20. The van der Waals surface area contributed by atoms with Gasteiger partial charge in [0.05, 0.1) is 10.6 Å². The van der Waals surface area contributed by atoms with E-state index in [9.17, 15) is 10.1 Å². The van der Waals surface area contributed by atoms with Crippen LogP contribution in [0.15, 0.2) is 22.7 Å². The average Bonchev–Trinajstić information content (AvgIpc) is 2.65. The van der Waals surface area contributed by atoms with Gasteiger partial charge < -0.3 is 4.74 Å². The summed E-state index contributed by atoms with van der Waals surface area (Å²) in [6.45, 7) is 1.69. The predicted octanol–water partition coefficient (Wildman–Crippen LogP) is 3.06. The van der Waals surface area contributed by atoms with Crippen LogP contribution < -0.4 is 4.74 Å². The SMILES string of the molecule is Cc1nn(C)c(Oc2cccc([N+](=O)[O-])c2Br)c1C#N. The van der Waals surface area contributed by atoms with Gasteiger partial charge in [0.1, 0.15) is 16.1 Å². The number of halogens is 1. The quantitative estimate of drug-likeness (QED) is 0.634. The molecular formula is C12H9BrN4O3. The Morgan fingerprint density at radius 3 is 2.85 bits per heavy atom. The van der Waals surface area contributed by atoms with E-state index in [1.54, 1.807) is 20.0 Å². The third kappa shape index (κ3) is 2.35. The van der Waals surface area contributed by atoms with Crippen LogP contribution in [0.3, 0.4) is 0 Å². The Morgan fingerprint density at radius 1 is 1.55 bits per heavy atom. The molecule has 0 spiro atoms. The van der Waals surface area contributed by atoms with E-state index in [-0.39, 0.29) is 21.8 Å². The normalized spacial score (nSPS) is 10.1. The zero-order valence-electron chi connectivity index (χ0n) is 10.6. The largest absolute Gasteiger partial charge is 0.436 e. The molecule has 2 aromatic rings. The number of nitro benzene ring substituents is 1. The second-order valence-corrected chi connectivity index (χ2v) is 4.74. The minimum absolute atomic E-state index is 0.111. The van der Waals surface area contributed by atoms with Crippen molar-refractivity contribution in [3.05, 3.63) is 44.0 Å². The second-order valence-electron chi connectivity index (χ2n) is 3.95. The molecule has 2 rings (SSSR count). The smallest absolute Gasteiger partial charge is 0.287 e. The van der Waals surface area contributed by atoms with E-state index in [1.165, 1.54) is 16.8 Å². The van der Waals surface area contributed by atoms with Gasteiger partial charge in [-0.15, -0.1) is 0 Å². The van der Waals surface area contributed by atoms with Crippen LogP contribution in [0, 0.1) is 28.4 Å². The molecule has 1 aromatic heterocycles. The van der Waals surface area contributed by atoms with Crippen molar-refractivity contribution >= 4 is 21.6 Å². The first-order valence-corrected chi connectivity index (χ1v) is 6.29. The number of aryl methyl sites for hydroxylation is 2. The number of nitro groups is 1. The van der Waals surface area contributed by atoms with E-state index in [0.717, 1.165) is 0 Å². The monoisotopic (exact) mass is 336 g/mol. The van der Waals surface area contributed by atoms with Crippen LogP contribution in [-0.4, -0.2) is 14.7 Å². The highest BCUT2D eigenvalue weighted by atomic mass is 79.9. The van der Waals surface area contributed by atoms with E-state index >= 15 is 0 Å². The van der Waals surface area contributed by atoms with E-state index in [1.807, 2.05) is 6.07 Å². The number of aromatic nitrogens is 2. The fourth-order valence-electron chi connectivity index (χ4n) is 1.71. The molecule has 0 N–H and O–H groups in total. The Bertz CT molecular complexity index is 733. The highest BCUT2D eigenvalue weighted by Gasteiger charge is 2.20. The molecule has 8 heteroatoms. The van der Waals surface area contributed by atoms with Gasteiger partial charge in [-0.25, -0.2) is 4.68 Å². The van der Waals surface area contributed by atoms with Crippen molar-refractivity contribution in [2.45, 2.75) is 6.92 Å². The Balaban J connectivity index is 2.49. The van der Waals surface area contributed by atoms with Crippen molar-refractivity contribution < 1.29 is 9.66 Å². The van der Waals surface area contributed by atoms with Gasteiger partial charge in [0.25, 0.3) is 5.69 Å². The second kappa shape index (κ2) is 5.30. The van der Waals surface area contributed by atoms with Crippen LogP contribution in [0.25, 0.3) is 0 Å². The van der Waals surface area contributed by atoms with Gasteiger partial charge in [0, 0.05) is 13.1 Å². The molecule has 0 fully saturated rings. The van der Waals surface area contributed by atoms with Crippen molar-refractivity contribution in [1.29, 1.82) is 5.26 Å². The third-order valence-corrected chi connectivity index (χ3v) is 3.42. The lowest BCUT2D eigenvalue weighted by molar-refractivity contribution is -0.385. The van der Waals surface area contributed by atoms with Gasteiger partial charge in [-0.3, -0.25) is 10.1 Å². The van der Waals surface area contributed by atoms with Gasteiger partial charge in [0.15, 0.2) is 5.75 Å². The van der Waals surface area contributed by atoms with E-state index < -0.39 is 4.92 Å². The van der Waals surface area contributed by atoms with Gasteiger partial charge in [0.2, 0.25) is 5.88 Å². The summed E-state index contributed by atoms with van der Waals surface area (Å²) in [4.78, 5) is 10.4. The molecule has 0 saturated carbocycles. The molecule has 0 saturated heterocycles. The minimum atomic E-state index is -0.517. The van der Waals surface area contributed by atoms with Gasteiger partial charge in [-0.2, -0.15) is 10.4 Å². The van der Waals surface area contributed by atoms with Crippen LogP contribution in [0.2, 0.25) is 0 Å². The Morgan fingerprint density at radius 2 is 2.25 bits per heavy atom. The van der Waals surface area contributed by atoms with Crippen molar-refractivity contribution in [3.63, 3.8) is 0 Å². The molecule has 0 aliphatic rings. The van der Waals surface area contributed by atoms with Crippen LogP contribution in [0.1, 0.15) is 11.3 Å². The Hall–Kier alpha value is -2.40. The lowest BCUT2D eigenvalue weighted by Gasteiger charge is -2.08. The molecule has 0 aliphatic carbocycles. The van der Waals surface area contributed by atoms with Crippen LogP contribution in [0.5, 0.6) is 11.6 Å². The molecular weight excluding hydrogens is 328 g/mol. The van der Waals surface area contributed by atoms with Gasteiger partial charge >= 0.3 is 0 Å². The van der Waals surface area contributed by atoms with Crippen LogP contribution in [0.4, 0.5) is 5.69 Å². The first-order valence-electron chi connectivity index (χ1n) is 5.50. The third-order valence-electron chi connectivity index (χ3n) is 2.63. The number of hydrogen-bond donors (Lipinski definition) is 0. The zero-order chi connectivity index (χ0) is 14.9. The molecule has 20 heavy (non-hydrogen) atoms. The van der Waals surface area contributed by atoms with Crippen LogP contribution >= 0.6 is 15.9 Å². The van der Waals surface area contributed by atoms with E-state index in [4.69, 9.17) is 10.00 Å². The maximum Gasteiger partial charge on any atom is 0.287 e. The molecule has 102 valence electrons. The molecule has 7 nitrogen and oxygen atoms in total. The summed E-state index contributed by atoms with van der Waals surface area (Å²) in [6, 6.07) is 6.44. The Kier molecular flexibility index (Phi) is 3.72. The highest BCUT2D eigenvalue weighted by Crippen LogP contribution is 2.37. The molecule has 1 heterocycles. The average molecular weight is 337 g/mol. The topological polar surface area (TPSA) is 94.0 Å². The summed E-state index contributed by atoms with van der Waals surface area (Å²) in [5, 5.41) is 24.1. The van der Waals surface area contributed by atoms with Crippen molar-refractivity contribution in [1.82, 2.24) is 9.78 Å². The van der Waals surface area contributed by atoms with Crippen molar-refractivity contribution in [3.8, 4) is 17.7 Å². The first kappa shape index (κ1) is 14.0. The maximum atomic E-state index is 10.9. The van der Waals surface area contributed by atoms with Crippen molar-refractivity contribution in [2.24, 2.45) is 7.05 Å². The standard InChI is InChI=1S/C12H9BrN4O3/c1-7-8(6-14)12(16(2)15-7)20-10-5-3-4-9(11(10)13)17(18)19/h3-5H,1-2H3. The summed E-state index contributed by atoms with van der Waals surface area (Å²) < 4.78 is 7.23. The summed E-state index contributed by atoms with van der Waals surface area (Å²) in [5.41, 5.74) is 0.720. The maximum absolute atomic E-state index is 10.9. The summed E-state index contributed by atoms with van der Waals surface area (Å²) in [6.07, 6.45) is 0. The predicted molar refractivity (Wildman–Crippen MR) is 73.5 cm³/mol. The van der Waals surface area contributed by atoms with Gasteiger partial charge in [-0.05, 0) is 28.9 Å². The van der Waals surface area contributed by atoms with Crippen molar-refractivity contribution in [2.75, 3.05) is 0 Å². The van der Waals surface area contributed by atoms with E-state index in [0.29, 0.717) is 11.3 Å². The lowest BCUT2D eigenvalue weighted by Crippen LogP contribution is -1.98. The van der Waals surface area contributed by atoms with Gasteiger partial charge in [-0.1, -0.05) is 6.07 Å². The minimum Gasteiger partial charge on any atom is -0.436 e. The molecule has 0 radical (unpaired) electrons. The number of nitriles is 1. The first-order chi connectivity index (χ1) is 9.45. The molecule has 0 atom stereocenters. The fraction of sp³-hybridized carbons (Fsp3) is 0.167. The molecule has 0 unspecified atom stereocenters. The highest BCUT2D eigenvalue weighted by molar-refractivity contribution is 9.10. The summed E-state index contributed by atoms with van der Waals surface area (Å²) >= 11 is 3.14. The molecule has 0 amide bonds. The number of ether oxygens (including phenoxy) is 1.